The van der Waals surface area contributed by atoms with Crippen LogP contribution in [-0.4, -0.2) is 48.6 Å². The lowest BCUT2D eigenvalue weighted by Gasteiger charge is -2.44. The molecule has 2 aromatic rings. The summed E-state index contributed by atoms with van der Waals surface area (Å²) in [5.41, 5.74) is 3.57. The van der Waals surface area contributed by atoms with Gasteiger partial charge < -0.3 is 19.9 Å². The Morgan fingerprint density at radius 2 is 2.08 bits per heavy atom. The summed E-state index contributed by atoms with van der Waals surface area (Å²) >= 11 is 0. The van der Waals surface area contributed by atoms with Crippen LogP contribution in [0.4, 0.5) is 0 Å². The number of aromatic amines is 1. The Balaban J connectivity index is 1.62. The van der Waals surface area contributed by atoms with Crippen molar-refractivity contribution < 1.29 is 9.53 Å². The van der Waals surface area contributed by atoms with Crippen molar-refractivity contribution in [1.82, 2.24) is 15.2 Å². The summed E-state index contributed by atoms with van der Waals surface area (Å²) in [5.74, 6) is 0.181. The van der Waals surface area contributed by atoms with Crippen molar-refractivity contribution in [3.05, 3.63) is 35.5 Å². The highest BCUT2D eigenvalue weighted by Crippen LogP contribution is 2.43. The van der Waals surface area contributed by atoms with Gasteiger partial charge in [-0.25, -0.2) is 0 Å². The summed E-state index contributed by atoms with van der Waals surface area (Å²) in [7, 11) is 1.83. The van der Waals surface area contributed by atoms with Gasteiger partial charge in [0.1, 0.15) is 5.60 Å². The van der Waals surface area contributed by atoms with E-state index < -0.39 is 0 Å². The predicted octanol–water partition coefficient (Wildman–Crippen LogP) is 2.17. The molecule has 0 saturated carbocycles. The van der Waals surface area contributed by atoms with Gasteiger partial charge >= 0.3 is 0 Å². The van der Waals surface area contributed by atoms with E-state index in [0.717, 1.165) is 39.0 Å². The van der Waals surface area contributed by atoms with Gasteiger partial charge in [0.15, 0.2) is 0 Å². The fourth-order valence-electron chi connectivity index (χ4n) is 4.15. The summed E-state index contributed by atoms with van der Waals surface area (Å²) < 4.78 is 6.29. The first-order valence-electron chi connectivity index (χ1n) is 8.85. The number of carbonyl (C=O) groups excluding carboxylic acids is 1. The quantitative estimate of drug-likeness (QED) is 0.889. The number of hydrogen-bond donors (Lipinski definition) is 2. The number of likely N-dealkylation sites (N-methyl/N-ethyl adjacent to an activating group) is 1. The van der Waals surface area contributed by atoms with Gasteiger partial charge in [-0.15, -0.1) is 0 Å². The Bertz CT molecular complexity index is 759. The highest BCUT2D eigenvalue weighted by molar-refractivity contribution is 5.85. The molecule has 24 heavy (non-hydrogen) atoms. The third-order valence-electron chi connectivity index (χ3n) is 5.69. The van der Waals surface area contributed by atoms with E-state index in [2.05, 4.69) is 34.6 Å². The van der Waals surface area contributed by atoms with Crippen LogP contribution in [0, 0.1) is 0 Å². The molecule has 4 rings (SSSR count). The molecular weight excluding hydrogens is 302 g/mol. The zero-order valence-electron chi connectivity index (χ0n) is 14.4. The molecule has 1 amide bonds. The van der Waals surface area contributed by atoms with Crippen LogP contribution in [0.2, 0.25) is 0 Å². The minimum atomic E-state index is -0.258. The Morgan fingerprint density at radius 3 is 2.83 bits per heavy atom. The first-order valence-corrected chi connectivity index (χ1v) is 8.85. The molecule has 0 radical (unpaired) electrons. The molecule has 128 valence electrons. The largest absolute Gasteiger partial charge is 0.368 e. The van der Waals surface area contributed by atoms with Crippen LogP contribution in [0.1, 0.15) is 31.0 Å². The number of piperidine rings is 1. The van der Waals surface area contributed by atoms with Gasteiger partial charge in [0.2, 0.25) is 5.91 Å². The summed E-state index contributed by atoms with van der Waals surface area (Å²) in [4.78, 5) is 18.0. The van der Waals surface area contributed by atoms with Gasteiger partial charge in [-0.1, -0.05) is 18.2 Å². The normalized spacial score (nSPS) is 21.0. The van der Waals surface area contributed by atoms with E-state index in [9.17, 15) is 4.79 Å². The molecule has 2 aliphatic rings. The van der Waals surface area contributed by atoms with Gasteiger partial charge in [0.05, 0.1) is 18.3 Å². The summed E-state index contributed by atoms with van der Waals surface area (Å²) in [5, 5.41) is 4.35. The number of carbonyl (C=O) groups is 1. The number of nitrogens with one attached hydrogen (secondary N) is 2. The molecule has 0 aliphatic carbocycles. The number of ether oxygens (including phenoxy) is 1. The smallest absolute Gasteiger partial charge is 0.239 e. The number of benzene rings is 1. The number of likely N-dealkylation sites (tertiary alicyclic amines) is 1. The Hall–Kier alpha value is -1.85. The SMILES string of the molecule is CN[C@@H](C)C(=O)N1CCC2(CC1)OCCc1c2[nH]c2ccccc12. The van der Waals surface area contributed by atoms with E-state index in [1.54, 1.807) is 0 Å². The predicted molar refractivity (Wildman–Crippen MR) is 94.0 cm³/mol. The second kappa shape index (κ2) is 5.90. The van der Waals surface area contributed by atoms with Crippen molar-refractivity contribution in [2.24, 2.45) is 0 Å². The lowest BCUT2D eigenvalue weighted by atomic mass is 9.83. The van der Waals surface area contributed by atoms with Crippen molar-refractivity contribution >= 4 is 16.8 Å². The van der Waals surface area contributed by atoms with E-state index in [1.165, 1.54) is 22.2 Å². The van der Waals surface area contributed by atoms with E-state index in [-0.39, 0.29) is 17.6 Å². The molecule has 1 fully saturated rings. The zero-order valence-corrected chi connectivity index (χ0v) is 14.4. The van der Waals surface area contributed by atoms with Crippen LogP contribution >= 0.6 is 0 Å². The van der Waals surface area contributed by atoms with Gasteiger partial charge in [-0.2, -0.15) is 0 Å². The summed E-state index contributed by atoms with van der Waals surface area (Å²) in [6.45, 7) is 4.18. The number of nitrogens with zero attached hydrogens (tertiary/aromatic N) is 1. The summed E-state index contributed by atoms with van der Waals surface area (Å²) in [6.07, 6.45) is 2.67. The van der Waals surface area contributed by atoms with Crippen molar-refractivity contribution in [3.63, 3.8) is 0 Å². The van der Waals surface area contributed by atoms with Crippen LogP contribution in [0.15, 0.2) is 24.3 Å². The molecule has 3 heterocycles. The molecule has 2 aliphatic heterocycles. The summed E-state index contributed by atoms with van der Waals surface area (Å²) in [6, 6.07) is 8.36. The molecule has 0 bridgehead atoms. The monoisotopic (exact) mass is 327 g/mol. The van der Waals surface area contributed by atoms with Crippen LogP contribution < -0.4 is 5.32 Å². The average molecular weight is 327 g/mol. The fraction of sp³-hybridized carbons (Fsp3) is 0.526. The lowest BCUT2D eigenvalue weighted by molar-refractivity contribution is -0.142. The molecule has 5 heteroatoms. The van der Waals surface area contributed by atoms with E-state index in [4.69, 9.17) is 4.74 Å². The first kappa shape index (κ1) is 15.7. The molecule has 1 atom stereocenters. The molecule has 2 N–H and O–H groups in total. The van der Waals surface area contributed by atoms with E-state index >= 15 is 0 Å². The maximum atomic E-state index is 12.4. The molecule has 0 unspecified atom stereocenters. The molecular formula is C19H25N3O2. The van der Waals surface area contributed by atoms with Crippen molar-refractivity contribution in [2.45, 2.75) is 37.8 Å². The lowest BCUT2D eigenvalue weighted by Crippen LogP contribution is -2.52. The Kier molecular flexibility index (Phi) is 3.85. The highest BCUT2D eigenvalue weighted by atomic mass is 16.5. The second-order valence-electron chi connectivity index (χ2n) is 6.95. The second-order valence-corrected chi connectivity index (χ2v) is 6.95. The number of H-pyrrole nitrogens is 1. The van der Waals surface area contributed by atoms with E-state index in [1.807, 2.05) is 18.9 Å². The van der Waals surface area contributed by atoms with Gasteiger partial charge in [0.25, 0.3) is 0 Å². The number of amides is 1. The van der Waals surface area contributed by atoms with Crippen molar-refractivity contribution in [2.75, 3.05) is 26.7 Å². The highest BCUT2D eigenvalue weighted by Gasteiger charge is 2.43. The Labute approximate surface area is 142 Å². The molecule has 1 spiro atoms. The molecule has 1 aromatic heterocycles. The number of rotatable bonds is 2. The maximum Gasteiger partial charge on any atom is 0.239 e. The van der Waals surface area contributed by atoms with Gasteiger partial charge in [-0.05, 0) is 44.9 Å². The third-order valence-corrected chi connectivity index (χ3v) is 5.69. The minimum Gasteiger partial charge on any atom is -0.368 e. The average Bonchev–Trinajstić information content (AvgIpc) is 3.02. The zero-order chi connectivity index (χ0) is 16.7. The van der Waals surface area contributed by atoms with Crippen molar-refractivity contribution in [1.29, 1.82) is 0 Å². The van der Waals surface area contributed by atoms with Crippen LogP contribution in [0.3, 0.4) is 0 Å². The van der Waals surface area contributed by atoms with Crippen molar-refractivity contribution in [3.8, 4) is 0 Å². The molecule has 5 nitrogen and oxygen atoms in total. The topological polar surface area (TPSA) is 57.4 Å². The van der Waals surface area contributed by atoms with Gasteiger partial charge in [0, 0.05) is 24.0 Å². The maximum absolute atomic E-state index is 12.4. The number of fused-ring (bicyclic) bond motifs is 4. The third kappa shape index (κ3) is 2.34. The number of para-hydroxylation sites is 1. The van der Waals surface area contributed by atoms with E-state index in [0.29, 0.717) is 0 Å². The standard InChI is InChI=1S/C19H25N3O2/c1-13(20-2)18(23)22-10-8-19(9-11-22)17-15(7-12-24-19)14-5-3-4-6-16(14)21-17/h3-6,13,20-21H,7-12H2,1-2H3/t13-/m0/s1. The van der Waals surface area contributed by atoms with Crippen LogP contribution in [-0.2, 0) is 21.6 Å². The minimum absolute atomic E-state index is 0.130. The molecule has 1 saturated heterocycles. The number of aromatic nitrogens is 1. The van der Waals surface area contributed by atoms with Crippen LogP contribution in [0.5, 0.6) is 0 Å². The fourth-order valence-corrected chi connectivity index (χ4v) is 4.15. The Morgan fingerprint density at radius 1 is 1.33 bits per heavy atom. The first-order chi connectivity index (χ1) is 11.6. The van der Waals surface area contributed by atoms with Gasteiger partial charge in [-0.3, -0.25) is 4.79 Å². The van der Waals surface area contributed by atoms with Crippen LogP contribution in [0.25, 0.3) is 10.9 Å². The number of hydrogen-bond acceptors (Lipinski definition) is 3. The molecule has 1 aromatic carbocycles.